The lowest BCUT2D eigenvalue weighted by molar-refractivity contribution is -0.0374. The molecule has 5 unspecified atom stereocenters. The fraction of sp³-hybridized carbons (Fsp3) is 0.733. The third-order valence-electron chi connectivity index (χ3n) is 9.84. The first-order valence-corrected chi connectivity index (χ1v) is 14.2. The minimum atomic E-state index is -0.360. The lowest BCUT2D eigenvalue weighted by Gasteiger charge is -2.48. The van der Waals surface area contributed by atoms with Crippen LogP contribution in [0.15, 0.2) is 42.0 Å². The summed E-state index contributed by atoms with van der Waals surface area (Å²) in [5.41, 5.74) is 9.55. The minimum absolute atomic E-state index is 0.101. The number of aliphatic hydroxyl groups excluding tert-OH is 1. The molecule has 1 aromatic carbocycles. The summed E-state index contributed by atoms with van der Waals surface area (Å²) in [6.45, 7) is 5.37. The molecule has 3 fully saturated rings. The number of para-hydroxylation sites is 1. The summed E-state index contributed by atoms with van der Waals surface area (Å²) in [6.07, 6.45) is 13.2. The zero-order valence-corrected chi connectivity index (χ0v) is 21.2. The number of fused-ring (bicyclic) bond motifs is 5. The van der Waals surface area contributed by atoms with Crippen molar-refractivity contribution in [3.8, 4) is 0 Å². The van der Waals surface area contributed by atoms with E-state index >= 15 is 0 Å². The standard InChI is InChI=1S/C30H46N2O2/c1-3-21-13-8-7-10-19(2)28(31)26-18-25-22-14-9-15-24(22)29(32-20-11-5-4-6-12-20)30(33)27(25)23(26)16-17-34-21/h4-6,11-12,18-19,21-25,27-30,32-33H,3,7-10,13-17,31H2,1-2H3/t19-,21+,22-,23?,24?,25-,27-,28?,29?,30?/m1/s1. The maximum absolute atomic E-state index is 11.9. The normalized spacial score (nSPS) is 43.0. The van der Waals surface area contributed by atoms with Crippen LogP contribution in [0.1, 0.15) is 71.6 Å². The Morgan fingerprint density at radius 3 is 2.56 bits per heavy atom. The van der Waals surface area contributed by atoms with Gasteiger partial charge in [0, 0.05) is 24.3 Å². The van der Waals surface area contributed by atoms with Crippen LogP contribution in [0, 0.1) is 35.5 Å². The number of anilines is 1. The molecule has 4 aliphatic rings. The van der Waals surface area contributed by atoms with Crippen molar-refractivity contribution in [1.29, 1.82) is 0 Å². The SMILES string of the molecule is CC[C@H]1CCCC[C@@H](C)C(N)C2=C[C@H]3[C@@H](C2CCO1)C(O)C(Nc1ccccc1)C1CCC[C@H]13. The van der Waals surface area contributed by atoms with Crippen molar-refractivity contribution in [2.45, 2.75) is 95.9 Å². The second-order valence-corrected chi connectivity index (χ2v) is 11.7. The number of rotatable bonds is 3. The molecular formula is C30H46N2O2. The van der Waals surface area contributed by atoms with E-state index in [0.717, 1.165) is 31.6 Å². The van der Waals surface area contributed by atoms with Gasteiger partial charge in [0.1, 0.15) is 0 Å². The van der Waals surface area contributed by atoms with Crippen LogP contribution < -0.4 is 11.1 Å². The Morgan fingerprint density at radius 2 is 1.76 bits per heavy atom. The predicted molar refractivity (Wildman–Crippen MR) is 139 cm³/mol. The molecule has 188 valence electrons. The molecule has 0 bridgehead atoms. The number of aliphatic hydroxyl groups is 1. The summed E-state index contributed by atoms with van der Waals surface area (Å²) in [6, 6.07) is 10.7. The topological polar surface area (TPSA) is 67.5 Å². The Kier molecular flexibility index (Phi) is 7.67. The molecule has 1 aromatic rings. The Balaban J connectivity index is 1.44. The molecule has 4 heteroatoms. The van der Waals surface area contributed by atoms with E-state index in [1.54, 1.807) is 0 Å². The third kappa shape index (κ3) is 4.70. The molecule has 4 N–H and O–H groups in total. The van der Waals surface area contributed by atoms with Crippen molar-refractivity contribution >= 4 is 5.69 Å². The van der Waals surface area contributed by atoms with Crippen molar-refractivity contribution in [3.05, 3.63) is 42.0 Å². The Labute approximate surface area is 206 Å². The Hall–Kier alpha value is -1.36. The molecule has 3 aliphatic carbocycles. The van der Waals surface area contributed by atoms with Gasteiger partial charge in [-0.25, -0.2) is 0 Å². The van der Waals surface area contributed by atoms with Crippen LogP contribution in [-0.2, 0) is 4.74 Å². The zero-order chi connectivity index (χ0) is 23.7. The summed E-state index contributed by atoms with van der Waals surface area (Å²) >= 11 is 0. The van der Waals surface area contributed by atoms with Crippen molar-refractivity contribution in [2.24, 2.45) is 41.2 Å². The summed E-state index contributed by atoms with van der Waals surface area (Å²) < 4.78 is 6.39. The number of hydrogen-bond acceptors (Lipinski definition) is 4. The number of ether oxygens (including phenoxy) is 1. The molecule has 1 aliphatic heterocycles. The van der Waals surface area contributed by atoms with Crippen molar-refractivity contribution < 1.29 is 9.84 Å². The van der Waals surface area contributed by atoms with Gasteiger partial charge in [0.2, 0.25) is 0 Å². The van der Waals surface area contributed by atoms with Crippen LogP contribution in [0.25, 0.3) is 0 Å². The molecular weight excluding hydrogens is 420 g/mol. The van der Waals surface area contributed by atoms with Crippen molar-refractivity contribution in [2.75, 3.05) is 11.9 Å². The molecule has 2 saturated carbocycles. The minimum Gasteiger partial charge on any atom is -0.391 e. The monoisotopic (exact) mass is 466 g/mol. The van der Waals surface area contributed by atoms with Gasteiger partial charge < -0.3 is 20.9 Å². The predicted octanol–water partition coefficient (Wildman–Crippen LogP) is 5.77. The molecule has 1 saturated heterocycles. The molecule has 1 heterocycles. The maximum atomic E-state index is 11.9. The highest BCUT2D eigenvalue weighted by Crippen LogP contribution is 2.56. The highest BCUT2D eigenvalue weighted by atomic mass is 16.5. The third-order valence-corrected chi connectivity index (χ3v) is 9.84. The molecule has 4 nitrogen and oxygen atoms in total. The summed E-state index contributed by atoms with van der Waals surface area (Å²) in [5, 5.41) is 15.7. The van der Waals surface area contributed by atoms with Crippen LogP contribution in [0.2, 0.25) is 0 Å². The summed E-state index contributed by atoms with van der Waals surface area (Å²) in [5.74, 6) is 2.71. The highest BCUT2D eigenvalue weighted by molar-refractivity contribution is 5.45. The van der Waals surface area contributed by atoms with Crippen molar-refractivity contribution in [3.63, 3.8) is 0 Å². The van der Waals surface area contributed by atoms with E-state index in [4.69, 9.17) is 10.5 Å². The van der Waals surface area contributed by atoms with E-state index < -0.39 is 0 Å². The van der Waals surface area contributed by atoms with Crippen LogP contribution >= 0.6 is 0 Å². The fourth-order valence-electron chi connectivity index (χ4n) is 8.01. The molecule has 0 aromatic heterocycles. The average molecular weight is 467 g/mol. The van der Waals surface area contributed by atoms with Gasteiger partial charge in [0.15, 0.2) is 0 Å². The smallest absolute Gasteiger partial charge is 0.0783 e. The second-order valence-electron chi connectivity index (χ2n) is 11.7. The molecule has 34 heavy (non-hydrogen) atoms. The van der Waals surface area contributed by atoms with Gasteiger partial charge in [-0.3, -0.25) is 0 Å². The Morgan fingerprint density at radius 1 is 1.00 bits per heavy atom. The lowest BCUT2D eigenvalue weighted by atomic mass is 9.62. The fourth-order valence-corrected chi connectivity index (χ4v) is 8.01. The number of nitrogens with two attached hydrogens (primary N) is 1. The molecule has 0 spiro atoms. The van der Waals surface area contributed by atoms with E-state index in [0.29, 0.717) is 35.7 Å². The highest BCUT2D eigenvalue weighted by Gasteiger charge is 2.56. The molecule has 0 radical (unpaired) electrons. The van der Waals surface area contributed by atoms with E-state index in [2.05, 4.69) is 55.6 Å². The first-order chi connectivity index (χ1) is 16.6. The van der Waals surface area contributed by atoms with Gasteiger partial charge in [0.05, 0.1) is 18.2 Å². The van der Waals surface area contributed by atoms with Crippen LogP contribution in [-0.4, -0.2) is 36.0 Å². The molecule has 10 atom stereocenters. The van der Waals surface area contributed by atoms with Crippen LogP contribution in [0.3, 0.4) is 0 Å². The molecule has 0 amide bonds. The largest absolute Gasteiger partial charge is 0.391 e. The van der Waals surface area contributed by atoms with Gasteiger partial charge in [-0.1, -0.05) is 63.0 Å². The van der Waals surface area contributed by atoms with Crippen molar-refractivity contribution in [1.82, 2.24) is 0 Å². The second kappa shape index (κ2) is 10.7. The van der Waals surface area contributed by atoms with E-state index in [1.165, 1.54) is 44.1 Å². The number of allylic oxidation sites excluding steroid dienone is 1. The first-order valence-electron chi connectivity index (χ1n) is 14.2. The van der Waals surface area contributed by atoms with Gasteiger partial charge in [-0.05, 0) is 80.2 Å². The van der Waals surface area contributed by atoms with Crippen LogP contribution in [0.4, 0.5) is 5.69 Å². The molecule has 5 rings (SSSR count). The van der Waals surface area contributed by atoms with E-state index in [9.17, 15) is 5.11 Å². The first kappa shape index (κ1) is 24.3. The summed E-state index contributed by atoms with van der Waals surface area (Å²) in [7, 11) is 0. The quantitative estimate of drug-likeness (QED) is 0.495. The van der Waals surface area contributed by atoms with E-state index in [1.807, 2.05) is 0 Å². The number of nitrogens with one attached hydrogen (secondary N) is 1. The van der Waals surface area contributed by atoms with Gasteiger partial charge in [0.25, 0.3) is 0 Å². The van der Waals surface area contributed by atoms with Gasteiger partial charge >= 0.3 is 0 Å². The number of hydrogen-bond donors (Lipinski definition) is 3. The van der Waals surface area contributed by atoms with Gasteiger partial charge in [-0.15, -0.1) is 0 Å². The zero-order valence-electron chi connectivity index (χ0n) is 21.2. The van der Waals surface area contributed by atoms with Gasteiger partial charge in [-0.2, -0.15) is 0 Å². The van der Waals surface area contributed by atoms with Crippen LogP contribution in [0.5, 0.6) is 0 Å². The maximum Gasteiger partial charge on any atom is 0.0783 e. The number of benzene rings is 1. The summed E-state index contributed by atoms with van der Waals surface area (Å²) in [4.78, 5) is 0. The van der Waals surface area contributed by atoms with E-state index in [-0.39, 0.29) is 24.1 Å². The Bertz CT molecular complexity index is 826. The lowest BCUT2D eigenvalue weighted by Crippen LogP contribution is -2.55. The average Bonchev–Trinajstić information content (AvgIpc) is 3.48.